The lowest BCUT2D eigenvalue weighted by molar-refractivity contribution is -0.133. The fourth-order valence-electron chi connectivity index (χ4n) is 2.84. The molecule has 1 heterocycles. The first kappa shape index (κ1) is 15.5. The second-order valence-corrected chi connectivity index (χ2v) is 5.84. The molecule has 114 valence electrons. The van der Waals surface area contributed by atoms with Gasteiger partial charge in [0.1, 0.15) is 5.54 Å². The summed E-state index contributed by atoms with van der Waals surface area (Å²) >= 11 is 0. The summed E-state index contributed by atoms with van der Waals surface area (Å²) in [5.41, 5.74) is 5.71. The van der Waals surface area contributed by atoms with Gasteiger partial charge in [0.15, 0.2) is 0 Å². The van der Waals surface area contributed by atoms with Gasteiger partial charge in [0.05, 0.1) is 6.04 Å². The Morgan fingerprint density at radius 3 is 2.71 bits per heavy atom. The molecular weight excluding hydrogens is 266 g/mol. The average Bonchev–Trinajstić information content (AvgIpc) is 2.60. The molecule has 1 aliphatic rings. The van der Waals surface area contributed by atoms with Crippen LogP contribution in [0.4, 0.5) is 0 Å². The van der Waals surface area contributed by atoms with Crippen molar-refractivity contribution in [2.45, 2.75) is 44.2 Å². The monoisotopic (exact) mass is 289 g/mol. The minimum atomic E-state index is -0.984. The largest absolute Gasteiger partial charge is 0.354 e. The van der Waals surface area contributed by atoms with Crippen LogP contribution < -0.4 is 16.4 Å². The molecule has 2 rings (SSSR count). The van der Waals surface area contributed by atoms with Gasteiger partial charge in [0, 0.05) is 12.5 Å². The average molecular weight is 289 g/mol. The van der Waals surface area contributed by atoms with E-state index in [-0.39, 0.29) is 17.7 Å². The van der Waals surface area contributed by atoms with Crippen molar-refractivity contribution in [3.8, 4) is 0 Å². The number of carbonyl (C=O) groups excluding carboxylic acids is 2. The molecule has 1 saturated heterocycles. The zero-order chi connectivity index (χ0) is 15.5. The first-order valence-electron chi connectivity index (χ1n) is 7.36. The predicted molar refractivity (Wildman–Crippen MR) is 81.6 cm³/mol. The van der Waals surface area contributed by atoms with Gasteiger partial charge in [-0.3, -0.25) is 9.59 Å². The molecule has 5 nitrogen and oxygen atoms in total. The van der Waals surface area contributed by atoms with E-state index in [9.17, 15) is 9.59 Å². The Labute approximate surface area is 125 Å². The molecule has 1 aromatic rings. The van der Waals surface area contributed by atoms with Crippen molar-refractivity contribution in [1.82, 2.24) is 10.6 Å². The topological polar surface area (TPSA) is 84.2 Å². The zero-order valence-corrected chi connectivity index (χ0v) is 12.6. The van der Waals surface area contributed by atoms with Gasteiger partial charge < -0.3 is 16.4 Å². The molecule has 4 N–H and O–H groups in total. The fourth-order valence-corrected chi connectivity index (χ4v) is 2.84. The highest BCUT2D eigenvalue weighted by Crippen LogP contribution is 2.34. The van der Waals surface area contributed by atoms with Crippen LogP contribution in [-0.2, 0) is 9.59 Å². The van der Waals surface area contributed by atoms with Crippen LogP contribution in [0.25, 0.3) is 0 Å². The van der Waals surface area contributed by atoms with Crippen molar-refractivity contribution in [2.24, 2.45) is 5.73 Å². The van der Waals surface area contributed by atoms with Gasteiger partial charge in [-0.25, -0.2) is 0 Å². The van der Waals surface area contributed by atoms with Gasteiger partial charge in [-0.1, -0.05) is 30.3 Å². The lowest BCUT2D eigenvalue weighted by Gasteiger charge is -2.36. The van der Waals surface area contributed by atoms with Crippen LogP contribution in [0.2, 0.25) is 0 Å². The summed E-state index contributed by atoms with van der Waals surface area (Å²) in [5.74, 6) is -0.526. The van der Waals surface area contributed by atoms with E-state index in [0.717, 1.165) is 18.4 Å². The van der Waals surface area contributed by atoms with Gasteiger partial charge >= 0.3 is 0 Å². The molecule has 21 heavy (non-hydrogen) atoms. The van der Waals surface area contributed by atoms with Gasteiger partial charge in [0.25, 0.3) is 0 Å². The number of nitrogens with two attached hydrogens (primary N) is 1. The van der Waals surface area contributed by atoms with Crippen LogP contribution in [-0.4, -0.2) is 29.9 Å². The normalized spacial score (nSPS) is 27.4. The van der Waals surface area contributed by atoms with Crippen molar-refractivity contribution in [3.05, 3.63) is 35.9 Å². The van der Waals surface area contributed by atoms with Crippen molar-refractivity contribution in [1.29, 1.82) is 0 Å². The molecule has 0 spiro atoms. The van der Waals surface area contributed by atoms with Crippen LogP contribution in [0.5, 0.6) is 0 Å². The van der Waals surface area contributed by atoms with E-state index in [0.29, 0.717) is 6.54 Å². The molecule has 0 unspecified atom stereocenters. The van der Waals surface area contributed by atoms with Crippen LogP contribution in [0.3, 0.4) is 0 Å². The maximum atomic E-state index is 12.5. The molecule has 1 aromatic carbocycles. The Hall–Kier alpha value is -1.88. The Balaban J connectivity index is 2.38. The lowest BCUT2D eigenvalue weighted by atomic mass is 9.77. The first-order chi connectivity index (χ1) is 9.95. The zero-order valence-electron chi connectivity index (χ0n) is 12.6. The first-order valence-corrected chi connectivity index (χ1v) is 7.36. The van der Waals surface area contributed by atoms with Gasteiger partial charge in [-0.15, -0.1) is 0 Å². The van der Waals surface area contributed by atoms with Crippen molar-refractivity contribution in [3.63, 3.8) is 0 Å². The molecule has 0 saturated carbocycles. The Kier molecular flexibility index (Phi) is 4.63. The van der Waals surface area contributed by atoms with Crippen molar-refractivity contribution >= 4 is 11.8 Å². The highest BCUT2D eigenvalue weighted by Gasteiger charge is 2.44. The third-order valence-electron chi connectivity index (χ3n) is 4.12. The summed E-state index contributed by atoms with van der Waals surface area (Å²) in [5, 5.41) is 5.74. The van der Waals surface area contributed by atoms with E-state index < -0.39 is 11.6 Å². The van der Waals surface area contributed by atoms with Crippen molar-refractivity contribution < 1.29 is 9.59 Å². The highest BCUT2D eigenvalue weighted by molar-refractivity contribution is 5.93. The number of amides is 2. The van der Waals surface area contributed by atoms with Gasteiger partial charge in [-0.05, 0) is 32.3 Å². The number of carbonyl (C=O) groups is 2. The summed E-state index contributed by atoms with van der Waals surface area (Å²) in [6.45, 7) is 4.03. The molecule has 1 fully saturated rings. The lowest BCUT2D eigenvalue weighted by Crippen LogP contribution is -2.61. The number of nitrogens with one attached hydrogen (secondary N) is 2. The predicted octanol–water partition coefficient (Wildman–Crippen LogP) is 0.902. The molecule has 3 atom stereocenters. The third-order valence-corrected chi connectivity index (χ3v) is 4.12. The van der Waals surface area contributed by atoms with E-state index in [1.165, 1.54) is 0 Å². The van der Waals surface area contributed by atoms with E-state index in [4.69, 9.17) is 5.73 Å². The second kappa shape index (κ2) is 6.26. The minimum absolute atomic E-state index is 0.0658. The van der Waals surface area contributed by atoms with Gasteiger partial charge in [0.2, 0.25) is 11.8 Å². The summed E-state index contributed by atoms with van der Waals surface area (Å²) < 4.78 is 0. The number of hydrogen-bond acceptors (Lipinski definition) is 3. The van der Waals surface area contributed by atoms with Crippen molar-refractivity contribution in [2.75, 3.05) is 6.54 Å². The van der Waals surface area contributed by atoms with E-state index in [1.54, 1.807) is 13.8 Å². The number of benzene rings is 1. The quantitative estimate of drug-likeness (QED) is 0.773. The van der Waals surface area contributed by atoms with Gasteiger partial charge in [-0.2, -0.15) is 0 Å². The number of hydrogen-bond donors (Lipinski definition) is 3. The highest BCUT2D eigenvalue weighted by atomic mass is 16.2. The molecule has 5 heteroatoms. The molecule has 0 radical (unpaired) electrons. The fraction of sp³-hybridized carbons (Fsp3) is 0.500. The van der Waals surface area contributed by atoms with E-state index >= 15 is 0 Å². The molecule has 1 aliphatic heterocycles. The standard InChI is InChI=1S/C16H23N3O2/c1-11(17)14(20)19-16(2)13(9-6-10-18-15(16)21)12-7-4-3-5-8-12/h3-5,7-8,11,13H,6,9-10,17H2,1-2H3,(H,18,21)(H,19,20)/t11-,13-,16-/m0/s1. The molecule has 0 aromatic heterocycles. The summed E-state index contributed by atoms with van der Waals surface area (Å²) in [7, 11) is 0. The Morgan fingerprint density at radius 1 is 1.43 bits per heavy atom. The maximum Gasteiger partial charge on any atom is 0.246 e. The van der Waals surface area contributed by atoms with E-state index in [2.05, 4.69) is 10.6 Å². The van der Waals surface area contributed by atoms with Crippen LogP contribution in [0.15, 0.2) is 30.3 Å². The molecule has 0 bridgehead atoms. The minimum Gasteiger partial charge on any atom is -0.354 e. The number of rotatable bonds is 3. The van der Waals surface area contributed by atoms with E-state index in [1.807, 2.05) is 30.3 Å². The van der Waals surface area contributed by atoms with Crippen LogP contribution in [0, 0.1) is 0 Å². The maximum absolute atomic E-state index is 12.5. The second-order valence-electron chi connectivity index (χ2n) is 5.84. The smallest absolute Gasteiger partial charge is 0.246 e. The SMILES string of the molecule is C[C@H](N)C(=O)N[C@]1(C)C(=O)NCCC[C@H]1c1ccccc1. The third kappa shape index (κ3) is 3.24. The summed E-state index contributed by atoms with van der Waals surface area (Å²) in [6.07, 6.45) is 1.72. The van der Waals surface area contributed by atoms with Crippen LogP contribution >= 0.6 is 0 Å². The summed E-state index contributed by atoms with van der Waals surface area (Å²) in [6, 6.07) is 9.20. The molecule has 0 aliphatic carbocycles. The molecular formula is C16H23N3O2. The molecule has 2 amide bonds. The van der Waals surface area contributed by atoms with Crippen LogP contribution in [0.1, 0.15) is 38.2 Å². The Bertz CT molecular complexity index is 516. The Morgan fingerprint density at radius 2 is 2.10 bits per heavy atom. The summed E-state index contributed by atoms with van der Waals surface area (Å²) in [4.78, 5) is 24.5.